The van der Waals surface area contributed by atoms with Crippen molar-refractivity contribution in [2.24, 2.45) is 4.99 Å². The first-order chi connectivity index (χ1) is 12.2. The molecule has 1 atom stereocenters. The van der Waals surface area contributed by atoms with Gasteiger partial charge in [0.1, 0.15) is 17.6 Å². The van der Waals surface area contributed by atoms with Crippen molar-refractivity contribution < 1.29 is 4.74 Å². The SMILES string of the molecule is CN=C(NCc1ccc(Cl)nc1)NC1CCc2nc(COC)nn2C1. The normalized spacial score (nSPS) is 17.2. The molecule has 0 saturated heterocycles. The van der Waals surface area contributed by atoms with E-state index in [9.17, 15) is 0 Å². The van der Waals surface area contributed by atoms with Gasteiger partial charge < -0.3 is 15.4 Å². The van der Waals surface area contributed by atoms with Gasteiger partial charge in [-0.15, -0.1) is 0 Å². The van der Waals surface area contributed by atoms with Crippen LogP contribution in [0.3, 0.4) is 0 Å². The first kappa shape index (κ1) is 17.6. The van der Waals surface area contributed by atoms with E-state index < -0.39 is 0 Å². The largest absolute Gasteiger partial charge is 0.377 e. The lowest BCUT2D eigenvalue weighted by atomic mass is 10.1. The molecule has 0 fully saturated rings. The van der Waals surface area contributed by atoms with E-state index in [1.807, 2.05) is 10.7 Å². The van der Waals surface area contributed by atoms with Crippen LogP contribution in [0.15, 0.2) is 23.3 Å². The summed E-state index contributed by atoms with van der Waals surface area (Å²) in [5, 5.41) is 11.7. The summed E-state index contributed by atoms with van der Waals surface area (Å²) >= 11 is 5.80. The number of methoxy groups -OCH3 is 1. The number of aliphatic imine (C=N–C) groups is 1. The van der Waals surface area contributed by atoms with E-state index in [2.05, 4.69) is 30.7 Å². The molecule has 2 aromatic heterocycles. The molecule has 1 aliphatic rings. The number of hydrogen-bond acceptors (Lipinski definition) is 5. The highest BCUT2D eigenvalue weighted by Gasteiger charge is 2.22. The second-order valence-corrected chi connectivity index (χ2v) is 6.24. The minimum Gasteiger partial charge on any atom is -0.377 e. The Morgan fingerprint density at radius 3 is 3.08 bits per heavy atom. The summed E-state index contributed by atoms with van der Waals surface area (Å²) in [5.74, 6) is 2.50. The van der Waals surface area contributed by atoms with E-state index in [0.29, 0.717) is 18.3 Å². The molecule has 0 saturated carbocycles. The van der Waals surface area contributed by atoms with Gasteiger partial charge in [0.25, 0.3) is 0 Å². The van der Waals surface area contributed by atoms with Gasteiger partial charge in [0.2, 0.25) is 0 Å². The maximum Gasteiger partial charge on any atom is 0.191 e. The van der Waals surface area contributed by atoms with Crippen LogP contribution in [0.1, 0.15) is 23.6 Å². The van der Waals surface area contributed by atoms with Crippen LogP contribution in [-0.4, -0.2) is 45.9 Å². The van der Waals surface area contributed by atoms with Crippen LogP contribution in [0.25, 0.3) is 0 Å². The molecule has 0 aromatic carbocycles. The fourth-order valence-electron chi connectivity index (χ4n) is 2.75. The zero-order valence-electron chi connectivity index (χ0n) is 14.4. The molecular weight excluding hydrogens is 342 g/mol. The van der Waals surface area contributed by atoms with E-state index in [0.717, 1.165) is 42.6 Å². The molecule has 8 nitrogen and oxygen atoms in total. The molecule has 25 heavy (non-hydrogen) atoms. The summed E-state index contributed by atoms with van der Waals surface area (Å²) in [7, 11) is 3.41. The Hall–Kier alpha value is -2.19. The number of rotatable bonds is 5. The predicted octanol–water partition coefficient (Wildman–Crippen LogP) is 1.15. The fourth-order valence-corrected chi connectivity index (χ4v) is 2.87. The number of halogens is 1. The van der Waals surface area contributed by atoms with Crippen molar-refractivity contribution >= 4 is 17.6 Å². The molecule has 3 rings (SSSR count). The minimum atomic E-state index is 0.249. The topological polar surface area (TPSA) is 89.2 Å². The van der Waals surface area contributed by atoms with Gasteiger partial charge in [-0.3, -0.25) is 4.99 Å². The van der Waals surface area contributed by atoms with Crippen LogP contribution in [0, 0.1) is 0 Å². The average molecular weight is 364 g/mol. The van der Waals surface area contributed by atoms with Crippen molar-refractivity contribution in [2.75, 3.05) is 14.2 Å². The Bertz CT molecular complexity index is 729. The summed E-state index contributed by atoms with van der Waals surface area (Å²) in [6.45, 7) is 1.83. The van der Waals surface area contributed by atoms with Gasteiger partial charge in [0.15, 0.2) is 11.8 Å². The zero-order valence-corrected chi connectivity index (χ0v) is 15.1. The summed E-state index contributed by atoms with van der Waals surface area (Å²) in [6.07, 6.45) is 3.61. The third-order valence-corrected chi connectivity index (χ3v) is 4.21. The van der Waals surface area contributed by atoms with E-state index in [-0.39, 0.29) is 6.04 Å². The van der Waals surface area contributed by atoms with Gasteiger partial charge in [0.05, 0.1) is 6.54 Å². The lowest BCUT2D eigenvalue weighted by Gasteiger charge is -2.25. The molecule has 0 aliphatic carbocycles. The van der Waals surface area contributed by atoms with Gasteiger partial charge in [-0.2, -0.15) is 5.10 Å². The first-order valence-corrected chi connectivity index (χ1v) is 8.55. The number of nitrogens with one attached hydrogen (secondary N) is 2. The molecule has 0 amide bonds. The van der Waals surface area contributed by atoms with Crippen LogP contribution >= 0.6 is 11.6 Å². The second kappa shape index (κ2) is 8.26. The third kappa shape index (κ3) is 4.67. The van der Waals surface area contributed by atoms with Crippen LogP contribution in [0.5, 0.6) is 0 Å². The van der Waals surface area contributed by atoms with E-state index >= 15 is 0 Å². The number of guanidine groups is 1. The minimum absolute atomic E-state index is 0.249. The molecule has 0 radical (unpaired) electrons. The molecule has 134 valence electrons. The smallest absolute Gasteiger partial charge is 0.191 e. The molecule has 0 bridgehead atoms. The van der Waals surface area contributed by atoms with Crippen molar-refractivity contribution in [1.29, 1.82) is 0 Å². The molecule has 3 heterocycles. The van der Waals surface area contributed by atoms with Crippen molar-refractivity contribution in [1.82, 2.24) is 30.4 Å². The summed E-state index contributed by atoms with van der Waals surface area (Å²) in [6, 6.07) is 3.97. The van der Waals surface area contributed by atoms with Crippen LogP contribution in [0.4, 0.5) is 0 Å². The first-order valence-electron chi connectivity index (χ1n) is 8.17. The Morgan fingerprint density at radius 1 is 1.48 bits per heavy atom. The summed E-state index contributed by atoms with van der Waals surface area (Å²) in [4.78, 5) is 12.9. The third-order valence-electron chi connectivity index (χ3n) is 3.99. The van der Waals surface area contributed by atoms with Gasteiger partial charge in [-0.05, 0) is 18.1 Å². The number of ether oxygens (including phenoxy) is 1. The maximum absolute atomic E-state index is 5.80. The van der Waals surface area contributed by atoms with Crippen LogP contribution < -0.4 is 10.6 Å². The lowest BCUT2D eigenvalue weighted by Crippen LogP contribution is -2.46. The molecule has 0 spiro atoms. The van der Waals surface area contributed by atoms with Crippen molar-refractivity contribution in [3.8, 4) is 0 Å². The molecule has 1 unspecified atom stereocenters. The zero-order chi connectivity index (χ0) is 17.6. The van der Waals surface area contributed by atoms with Gasteiger partial charge in [-0.1, -0.05) is 17.7 Å². The molecule has 9 heteroatoms. The van der Waals surface area contributed by atoms with Crippen LogP contribution in [0.2, 0.25) is 5.15 Å². The number of aromatic nitrogens is 4. The molecule has 2 N–H and O–H groups in total. The van der Waals surface area contributed by atoms with Crippen molar-refractivity contribution in [2.45, 2.75) is 38.6 Å². The van der Waals surface area contributed by atoms with Gasteiger partial charge >= 0.3 is 0 Å². The highest BCUT2D eigenvalue weighted by molar-refractivity contribution is 6.29. The van der Waals surface area contributed by atoms with E-state index in [1.165, 1.54) is 0 Å². The number of aryl methyl sites for hydroxylation is 1. The van der Waals surface area contributed by atoms with Crippen LogP contribution in [-0.2, 0) is 30.9 Å². The Kier molecular flexibility index (Phi) is 5.83. The highest BCUT2D eigenvalue weighted by Crippen LogP contribution is 2.13. The van der Waals surface area contributed by atoms with Gasteiger partial charge in [-0.25, -0.2) is 14.6 Å². The Labute approximate surface area is 151 Å². The molecular formula is C16H22ClN7O. The Balaban J connectivity index is 1.54. The standard InChI is InChI=1S/C16H22ClN7O/c1-18-16(20-8-11-3-5-13(17)19-7-11)21-12-4-6-15-22-14(10-25-2)23-24(15)9-12/h3,5,7,12H,4,6,8-10H2,1-2H3,(H2,18,20,21). The van der Waals surface area contributed by atoms with Crippen molar-refractivity contribution in [3.05, 3.63) is 40.7 Å². The highest BCUT2D eigenvalue weighted by atomic mass is 35.5. The predicted molar refractivity (Wildman–Crippen MR) is 95.4 cm³/mol. The van der Waals surface area contributed by atoms with Crippen molar-refractivity contribution in [3.63, 3.8) is 0 Å². The monoisotopic (exact) mass is 363 g/mol. The average Bonchev–Trinajstić information content (AvgIpc) is 3.02. The number of pyridine rings is 1. The summed E-state index contributed by atoms with van der Waals surface area (Å²) in [5.41, 5.74) is 1.04. The molecule has 1 aliphatic heterocycles. The summed E-state index contributed by atoms with van der Waals surface area (Å²) < 4.78 is 7.05. The quantitative estimate of drug-likeness (QED) is 0.470. The number of hydrogen-bond donors (Lipinski definition) is 2. The second-order valence-electron chi connectivity index (χ2n) is 5.85. The Morgan fingerprint density at radius 2 is 2.36 bits per heavy atom. The number of nitrogens with zero attached hydrogens (tertiary/aromatic N) is 5. The van der Waals surface area contributed by atoms with Gasteiger partial charge in [0, 0.05) is 39.4 Å². The van der Waals surface area contributed by atoms with E-state index in [1.54, 1.807) is 26.4 Å². The lowest BCUT2D eigenvalue weighted by molar-refractivity contribution is 0.177. The van der Waals surface area contributed by atoms with E-state index in [4.69, 9.17) is 16.3 Å². The fraction of sp³-hybridized carbons (Fsp3) is 0.500. The molecule has 2 aromatic rings. The number of fused-ring (bicyclic) bond motifs is 1. The maximum atomic E-state index is 5.80.